The molecule has 0 fully saturated rings. The second-order valence-electron chi connectivity index (χ2n) is 5.44. The molecule has 2 N–H and O–H groups in total. The van der Waals surface area contributed by atoms with E-state index in [4.69, 9.17) is 4.74 Å². The monoisotopic (exact) mass is 297 g/mol. The molecule has 0 saturated heterocycles. The zero-order valence-corrected chi connectivity index (χ0v) is 12.7. The molecule has 1 aromatic heterocycles. The fraction of sp³-hybridized carbons (Fsp3) is 0.294. The number of rotatable bonds is 4. The first kappa shape index (κ1) is 14.4. The molecule has 114 valence electrons. The van der Waals surface area contributed by atoms with Crippen LogP contribution < -0.4 is 15.4 Å². The second-order valence-corrected chi connectivity index (χ2v) is 5.44. The average Bonchev–Trinajstić information content (AvgIpc) is 2.48. The highest BCUT2D eigenvalue weighted by molar-refractivity contribution is 5.89. The Balaban J connectivity index is 1.57. The van der Waals surface area contributed by atoms with Crippen LogP contribution in [0.15, 0.2) is 36.4 Å². The van der Waals surface area contributed by atoms with E-state index in [0.717, 1.165) is 12.1 Å². The predicted molar refractivity (Wildman–Crippen MR) is 85.4 cm³/mol. The Hall–Kier alpha value is -2.56. The first-order valence-corrected chi connectivity index (χ1v) is 7.31. The fourth-order valence-corrected chi connectivity index (χ4v) is 2.71. The molecule has 2 amide bonds. The number of ether oxygens (including phenoxy) is 1. The molecule has 1 atom stereocenters. The molecule has 3 rings (SSSR count). The molecule has 0 bridgehead atoms. The van der Waals surface area contributed by atoms with Crippen molar-refractivity contribution in [2.24, 2.45) is 0 Å². The van der Waals surface area contributed by atoms with Crippen molar-refractivity contribution in [2.75, 3.05) is 19.0 Å². The van der Waals surface area contributed by atoms with E-state index in [-0.39, 0.29) is 6.03 Å². The Kier molecular flexibility index (Phi) is 3.96. The molecule has 5 heteroatoms. The van der Waals surface area contributed by atoms with Crippen molar-refractivity contribution < 1.29 is 9.53 Å². The molecule has 1 aliphatic rings. The van der Waals surface area contributed by atoms with Crippen LogP contribution in [0.4, 0.5) is 10.6 Å². The molecule has 0 unspecified atom stereocenters. The number of hydrogen-bond donors (Lipinski definition) is 2. The number of nitrogens with zero attached hydrogens (tertiary/aromatic N) is 1. The number of aryl methyl sites for hydroxylation is 1. The molecule has 5 nitrogen and oxygen atoms in total. The number of amides is 2. The van der Waals surface area contributed by atoms with Gasteiger partial charge in [0.15, 0.2) is 11.6 Å². The van der Waals surface area contributed by atoms with Gasteiger partial charge in [-0.3, -0.25) is 5.32 Å². The number of fused-ring (bicyclic) bond motifs is 1. The number of carbonyl (C=O) groups is 1. The van der Waals surface area contributed by atoms with Crippen molar-refractivity contribution in [1.82, 2.24) is 10.3 Å². The normalized spacial score (nSPS) is 15.5. The van der Waals surface area contributed by atoms with Crippen LogP contribution in [0.3, 0.4) is 0 Å². The standard InChI is InChI=1S/C17H19N3O2/c1-11-7-8-15(22-2)16(19-11)20-17(21)18-10-13-9-12-5-3-4-6-14(12)13/h3-8,13H,9-10H2,1-2H3,(H2,18,19,20,21)/t13-/m1/s1. The van der Waals surface area contributed by atoms with E-state index in [2.05, 4.69) is 27.8 Å². The van der Waals surface area contributed by atoms with Gasteiger partial charge in [-0.15, -0.1) is 0 Å². The lowest BCUT2D eigenvalue weighted by atomic mass is 9.78. The van der Waals surface area contributed by atoms with E-state index in [0.29, 0.717) is 24.0 Å². The van der Waals surface area contributed by atoms with E-state index >= 15 is 0 Å². The highest BCUT2D eigenvalue weighted by atomic mass is 16.5. The molecule has 22 heavy (non-hydrogen) atoms. The van der Waals surface area contributed by atoms with Crippen molar-refractivity contribution in [3.8, 4) is 5.75 Å². The van der Waals surface area contributed by atoms with E-state index in [9.17, 15) is 4.79 Å². The van der Waals surface area contributed by atoms with Gasteiger partial charge < -0.3 is 10.1 Å². The summed E-state index contributed by atoms with van der Waals surface area (Å²) in [6, 6.07) is 11.7. The zero-order chi connectivity index (χ0) is 15.5. The average molecular weight is 297 g/mol. The number of urea groups is 1. The van der Waals surface area contributed by atoms with E-state index < -0.39 is 0 Å². The SMILES string of the molecule is COc1ccc(C)nc1NC(=O)NC[C@H]1Cc2ccccc21. The van der Waals surface area contributed by atoms with E-state index in [1.54, 1.807) is 13.2 Å². The second kappa shape index (κ2) is 6.05. The molecular weight excluding hydrogens is 278 g/mol. The minimum absolute atomic E-state index is 0.263. The van der Waals surface area contributed by atoms with Gasteiger partial charge in [-0.2, -0.15) is 0 Å². The topological polar surface area (TPSA) is 63.2 Å². The summed E-state index contributed by atoms with van der Waals surface area (Å²) >= 11 is 0. The predicted octanol–water partition coefficient (Wildman–Crippen LogP) is 2.86. The molecule has 0 aliphatic heterocycles. The number of benzene rings is 1. The van der Waals surface area contributed by atoms with Gasteiger partial charge >= 0.3 is 6.03 Å². The third kappa shape index (κ3) is 2.88. The zero-order valence-electron chi connectivity index (χ0n) is 12.7. The molecule has 1 aliphatic carbocycles. The fourth-order valence-electron chi connectivity index (χ4n) is 2.71. The molecule has 0 spiro atoms. The first-order valence-electron chi connectivity index (χ1n) is 7.31. The Morgan fingerprint density at radius 2 is 2.14 bits per heavy atom. The van der Waals surface area contributed by atoms with Gasteiger partial charge in [-0.25, -0.2) is 9.78 Å². The lowest BCUT2D eigenvalue weighted by molar-refractivity contribution is 0.251. The van der Waals surface area contributed by atoms with Gasteiger partial charge in [0.1, 0.15) is 0 Å². The van der Waals surface area contributed by atoms with Crippen LogP contribution >= 0.6 is 0 Å². The number of aromatic nitrogens is 1. The van der Waals surface area contributed by atoms with Crippen molar-refractivity contribution in [1.29, 1.82) is 0 Å². The molecule has 0 saturated carbocycles. The minimum Gasteiger partial charge on any atom is -0.493 e. The maximum atomic E-state index is 12.0. The number of carbonyl (C=O) groups excluding carboxylic acids is 1. The van der Waals surface area contributed by atoms with Crippen LogP contribution in [0, 0.1) is 6.92 Å². The summed E-state index contributed by atoms with van der Waals surface area (Å²) in [5, 5.41) is 5.64. The molecule has 1 aromatic carbocycles. The minimum atomic E-state index is -0.263. The molecule has 1 heterocycles. The summed E-state index contributed by atoms with van der Waals surface area (Å²) in [4.78, 5) is 16.3. The molecule has 0 radical (unpaired) electrons. The first-order chi connectivity index (χ1) is 10.7. The summed E-state index contributed by atoms with van der Waals surface area (Å²) in [6.07, 6.45) is 1.02. The number of anilines is 1. The van der Waals surface area contributed by atoms with Crippen molar-refractivity contribution >= 4 is 11.8 Å². The third-order valence-corrected chi connectivity index (χ3v) is 3.92. The summed E-state index contributed by atoms with van der Waals surface area (Å²) in [6.45, 7) is 2.49. The smallest absolute Gasteiger partial charge is 0.320 e. The van der Waals surface area contributed by atoms with Gasteiger partial charge in [0.05, 0.1) is 7.11 Å². The quantitative estimate of drug-likeness (QED) is 0.912. The summed E-state index contributed by atoms with van der Waals surface area (Å²) in [5.74, 6) is 1.39. The van der Waals surface area contributed by atoms with Crippen LogP contribution in [0.2, 0.25) is 0 Å². The number of hydrogen-bond acceptors (Lipinski definition) is 3. The molecule has 2 aromatic rings. The van der Waals surface area contributed by atoms with Crippen molar-refractivity contribution in [3.05, 3.63) is 53.2 Å². The lowest BCUT2D eigenvalue weighted by Crippen LogP contribution is -2.36. The lowest BCUT2D eigenvalue weighted by Gasteiger charge is -2.30. The largest absolute Gasteiger partial charge is 0.493 e. The number of nitrogens with one attached hydrogen (secondary N) is 2. The van der Waals surface area contributed by atoms with Gasteiger partial charge in [-0.05, 0) is 36.6 Å². The van der Waals surface area contributed by atoms with E-state index in [1.165, 1.54) is 11.1 Å². The van der Waals surface area contributed by atoms with Gasteiger partial charge in [-0.1, -0.05) is 24.3 Å². The van der Waals surface area contributed by atoms with Gasteiger partial charge in [0.25, 0.3) is 0 Å². The van der Waals surface area contributed by atoms with Crippen LogP contribution in [0.5, 0.6) is 5.75 Å². The Bertz CT molecular complexity index is 700. The van der Waals surface area contributed by atoms with Crippen LogP contribution in [-0.2, 0) is 6.42 Å². The van der Waals surface area contributed by atoms with E-state index in [1.807, 2.05) is 25.1 Å². The maximum Gasteiger partial charge on any atom is 0.320 e. The summed E-state index contributed by atoms with van der Waals surface area (Å²) in [7, 11) is 1.56. The van der Waals surface area contributed by atoms with Crippen LogP contribution in [0.25, 0.3) is 0 Å². The number of methoxy groups -OCH3 is 1. The Morgan fingerprint density at radius 1 is 1.32 bits per heavy atom. The van der Waals surface area contributed by atoms with Crippen molar-refractivity contribution in [3.63, 3.8) is 0 Å². The summed E-state index contributed by atoms with van der Waals surface area (Å²) < 4.78 is 5.20. The highest BCUT2D eigenvalue weighted by Gasteiger charge is 2.25. The Labute approximate surface area is 129 Å². The maximum absolute atomic E-state index is 12.0. The van der Waals surface area contributed by atoms with Gasteiger partial charge in [0, 0.05) is 18.2 Å². The van der Waals surface area contributed by atoms with Crippen LogP contribution in [0.1, 0.15) is 22.7 Å². The summed E-state index contributed by atoms with van der Waals surface area (Å²) in [5.41, 5.74) is 3.52. The van der Waals surface area contributed by atoms with Crippen LogP contribution in [-0.4, -0.2) is 24.7 Å². The molecular formula is C17H19N3O2. The number of pyridine rings is 1. The van der Waals surface area contributed by atoms with Crippen molar-refractivity contribution in [2.45, 2.75) is 19.3 Å². The Morgan fingerprint density at radius 3 is 2.91 bits per heavy atom. The highest BCUT2D eigenvalue weighted by Crippen LogP contribution is 2.34. The van der Waals surface area contributed by atoms with Gasteiger partial charge in [0.2, 0.25) is 0 Å². The third-order valence-electron chi connectivity index (χ3n) is 3.92.